The number of nitrogens with two attached hydrogens (primary N) is 1. The van der Waals surface area contributed by atoms with Gasteiger partial charge in [-0.2, -0.15) is 0 Å². The van der Waals surface area contributed by atoms with Gasteiger partial charge in [0.25, 0.3) is 0 Å². The summed E-state index contributed by atoms with van der Waals surface area (Å²) in [6.07, 6.45) is 1.80. The van der Waals surface area contributed by atoms with Crippen LogP contribution in [0.2, 0.25) is 0 Å². The van der Waals surface area contributed by atoms with Gasteiger partial charge in [0.2, 0.25) is 0 Å². The minimum Gasteiger partial charge on any atom is -0.465 e. The normalized spacial score (nSPS) is 19.9. The van der Waals surface area contributed by atoms with E-state index in [1.54, 1.807) is 37.3 Å². The molecule has 0 bridgehead atoms. The second-order valence-electron chi connectivity index (χ2n) is 7.46. The number of para-hydroxylation sites is 1. The second-order valence-corrected chi connectivity index (χ2v) is 9.51. The van der Waals surface area contributed by atoms with E-state index in [0.717, 1.165) is 6.08 Å². The van der Waals surface area contributed by atoms with Crippen LogP contribution in [0.3, 0.4) is 0 Å². The molecule has 0 radical (unpaired) electrons. The topological polar surface area (TPSA) is 153 Å². The van der Waals surface area contributed by atoms with E-state index in [2.05, 4.69) is 26.6 Å². The Hall–Kier alpha value is -3.64. The maximum atomic E-state index is 14.8. The first-order valence-electron chi connectivity index (χ1n) is 10.8. The summed E-state index contributed by atoms with van der Waals surface area (Å²) in [5, 5.41) is 2.62. The number of esters is 1. The standard InChI is InChI=1S/C22H24FN6O6P/c1-3-16(22(30)32-4-2)28-36(31,35-14-8-6-5-7-9-14)13-33-17-10-15(23)21(34-17)29-12-27-18-19(24)25-11-26-20(18)29/h3,5-12,16-17,21H,1,4,13H2,2H3,(H,28,31)(H2,24,25,26)/t16-,17-,21+,36?/m0/s1. The number of ether oxygens (including phenoxy) is 3. The fourth-order valence-electron chi connectivity index (χ4n) is 3.33. The Balaban J connectivity index is 1.49. The SMILES string of the molecule is C=C[C@H](NP(=O)(CO[C@@H]1C=C(F)[C@H](n2cnc3c(N)ncnc32)O1)Oc1ccccc1)C(=O)OCC. The lowest BCUT2D eigenvalue weighted by Gasteiger charge is -2.25. The Labute approximate surface area is 205 Å². The van der Waals surface area contributed by atoms with E-state index in [1.165, 1.54) is 23.3 Å². The number of nitrogens with zero attached hydrogens (tertiary/aromatic N) is 4. The van der Waals surface area contributed by atoms with Crippen molar-refractivity contribution >= 4 is 30.5 Å². The molecule has 1 aliphatic heterocycles. The van der Waals surface area contributed by atoms with Gasteiger partial charge in [0.1, 0.15) is 23.6 Å². The molecule has 1 unspecified atom stereocenters. The summed E-state index contributed by atoms with van der Waals surface area (Å²) in [5.41, 5.74) is 6.34. The highest BCUT2D eigenvalue weighted by Gasteiger charge is 2.36. The zero-order valence-corrected chi connectivity index (χ0v) is 20.1. The highest BCUT2D eigenvalue weighted by atomic mass is 31.2. The smallest absolute Gasteiger partial charge is 0.343 e. The quantitative estimate of drug-likeness (QED) is 0.219. The van der Waals surface area contributed by atoms with E-state index in [-0.39, 0.29) is 29.3 Å². The van der Waals surface area contributed by atoms with Crippen molar-refractivity contribution in [1.29, 1.82) is 0 Å². The number of rotatable bonds is 11. The summed E-state index contributed by atoms with van der Waals surface area (Å²) in [4.78, 5) is 24.3. The molecule has 0 fully saturated rings. The number of imidazole rings is 1. The van der Waals surface area contributed by atoms with Gasteiger partial charge in [-0.15, -0.1) is 6.58 Å². The van der Waals surface area contributed by atoms with Gasteiger partial charge in [0, 0.05) is 6.08 Å². The molecular formula is C22H24FN6O6P. The third-order valence-corrected chi connectivity index (χ3v) is 6.62. The van der Waals surface area contributed by atoms with Crippen LogP contribution >= 0.6 is 7.52 Å². The van der Waals surface area contributed by atoms with Crippen molar-refractivity contribution in [3.05, 3.63) is 67.5 Å². The number of hydrogen-bond acceptors (Lipinski definition) is 10. The second kappa shape index (κ2) is 11.0. The molecular weight excluding hydrogens is 494 g/mol. The van der Waals surface area contributed by atoms with Gasteiger partial charge in [0.05, 0.1) is 12.9 Å². The van der Waals surface area contributed by atoms with Crippen LogP contribution in [0.1, 0.15) is 13.2 Å². The molecule has 0 aliphatic carbocycles. The van der Waals surface area contributed by atoms with Crippen LogP contribution in [0.15, 0.2) is 67.5 Å². The minimum atomic E-state index is -3.92. The molecule has 0 amide bonds. The van der Waals surface area contributed by atoms with E-state index >= 15 is 0 Å². The van der Waals surface area contributed by atoms with Gasteiger partial charge in [-0.05, 0) is 19.1 Å². The average molecular weight is 518 g/mol. The van der Waals surface area contributed by atoms with E-state index in [4.69, 9.17) is 24.5 Å². The Bertz CT molecular complexity index is 1320. The molecule has 2 aromatic heterocycles. The average Bonchev–Trinajstić information content (AvgIpc) is 3.46. The van der Waals surface area contributed by atoms with Crippen LogP contribution in [-0.2, 0) is 23.6 Å². The van der Waals surface area contributed by atoms with Crippen molar-refractivity contribution in [2.75, 3.05) is 18.7 Å². The first-order valence-corrected chi connectivity index (χ1v) is 12.6. The molecule has 3 heterocycles. The maximum Gasteiger partial charge on any atom is 0.343 e. The molecule has 3 aromatic rings. The van der Waals surface area contributed by atoms with Crippen molar-refractivity contribution in [2.24, 2.45) is 0 Å². The van der Waals surface area contributed by atoms with Crippen LogP contribution in [-0.4, -0.2) is 50.8 Å². The summed E-state index contributed by atoms with van der Waals surface area (Å²) in [7, 11) is -3.92. The fraction of sp³-hybridized carbons (Fsp3) is 0.273. The van der Waals surface area contributed by atoms with Gasteiger partial charge >= 0.3 is 13.5 Å². The number of halogens is 1. The number of carbonyl (C=O) groups is 1. The number of fused-ring (bicyclic) bond motifs is 1. The molecule has 4 atom stereocenters. The first kappa shape index (κ1) is 25.5. The van der Waals surface area contributed by atoms with E-state index in [1.807, 2.05) is 0 Å². The van der Waals surface area contributed by atoms with E-state index in [0.29, 0.717) is 0 Å². The van der Waals surface area contributed by atoms with Gasteiger partial charge in [-0.25, -0.2) is 29.2 Å². The van der Waals surface area contributed by atoms with Crippen molar-refractivity contribution in [2.45, 2.75) is 25.5 Å². The fourth-order valence-corrected chi connectivity index (χ4v) is 4.95. The van der Waals surface area contributed by atoms with E-state index < -0.39 is 44.2 Å². The molecule has 0 spiro atoms. The number of anilines is 1. The third kappa shape index (κ3) is 5.60. The zero-order chi connectivity index (χ0) is 25.7. The monoisotopic (exact) mass is 518 g/mol. The summed E-state index contributed by atoms with van der Waals surface area (Å²) < 4.78 is 51.7. The molecule has 4 rings (SSSR count). The molecule has 190 valence electrons. The van der Waals surface area contributed by atoms with Crippen LogP contribution in [0.4, 0.5) is 10.2 Å². The summed E-state index contributed by atoms with van der Waals surface area (Å²) in [6.45, 7) is 5.34. The molecule has 1 aliphatic rings. The lowest BCUT2D eigenvalue weighted by molar-refractivity contribution is -0.143. The van der Waals surface area contributed by atoms with Crippen molar-refractivity contribution in [3.63, 3.8) is 0 Å². The summed E-state index contributed by atoms with van der Waals surface area (Å²) in [5.74, 6) is -0.977. The predicted molar refractivity (Wildman–Crippen MR) is 127 cm³/mol. The Morgan fingerprint density at radius 2 is 2.14 bits per heavy atom. The van der Waals surface area contributed by atoms with Crippen LogP contribution in [0, 0.1) is 0 Å². The maximum absolute atomic E-state index is 14.8. The first-order chi connectivity index (χ1) is 17.3. The number of carbonyl (C=O) groups excluding carboxylic acids is 1. The molecule has 1 aromatic carbocycles. The van der Waals surface area contributed by atoms with Gasteiger partial charge < -0.3 is 24.5 Å². The zero-order valence-electron chi connectivity index (χ0n) is 19.2. The highest BCUT2D eigenvalue weighted by Crippen LogP contribution is 2.45. The summed E-state index contributed by atoms with van der Waals surface area (Å²) in [6, 6.07) is 7.15. The van der Waals surface area contributed by atoms with Crippen molar-refractivity contribution in [3.8, 4) is 5.75 Å². The van der Waals surface area contributed by atoms with Gasteiger partial charge in [-0.1, -0.05) is 24.3 Å². The van der Waals surface area contributed by atoms with Crippen LogP contribution in [0.5, 0.6) is 5.75 Å². The van der Waals surface area contributed by atoms with E-state index in [9.17, 15) is 13.8 Å². The Kier molecular flexibility index (Phi) is 7.75. The Morgan fingerprint density at radius 3 is 2.86 bits per heavy atom. The minimum absolute atomic E-state index is 0.117. The Morgan fingerprint density at radius 1 is 1.36 bits per heavy atom. The summed E-state index contributed by atoms with van der Waals surface area (Å²) >= 11 is 0. The number of aromatic nitrogens is 4. The number of benzene rings is 1. The molecule has 3 N–H and O–H groups in total. The molecule has 14 heteroatoms. The van der Waals surface area contributed by atoms with Crippen molar-refractivity contribution in [1.82, 2.24) is 24.6 Å². The molecule has 0 saturated carbocycles. The number of nitrogen functional groups attached to an aromatic ring is 1. The number of nitrogens with one attached hydrogen (secondary N) is 1. The largest absolute Gasteiger partial charge is 0.465 e. The highest BCUT2D eigenvalue weighted by molar-refractivity contribution is 7.57. The third-order valence-electron chi connectivity index (χ3n) is 4.95. The van der Waals surface area contributed by atoms with Crippen LogP contribution in [0.25, 0.3) is 11.2 Å². The molecule has 0 saturated heterocycles. The lowest BCUT2D eigenvalue weighted by Crippen LogP contribution is -2.36. The predicted octanol–water partition coefficient (Wildman–Crippen LogP) is 3.07. The molecule has 36 heavy (non-hydrogen) atoms. The lowest BCUT2D eigenvalue weighted by atomic mass is 10.3. The number of hydrogen-bond donors (Lipinski definition) is 2. The van der Waals surface area contributed by atoms with Gasteiger partial charge in [0.15, 0.2) is 36.2 Å². The van der Waals surface area contributed by atoms with Gasteiger partial charge in [-0.3, -0.25) is 9.13 Å². The van der Waals surface area contributed by atoms with Crippen LogP contribution < -0.4 is 15.3 Å². The molecule has 12 nitrogen and oxygen atoms in total. The van der Waals surface area contributed by atoms with Crippen molar-refractivity contribution < 1.29 is 32.5 Å².